The van der Waals surface area contributed by atoms with E-state index in [-0.39, 0.29) is 5.91 Å². The average Bonchev–Trinajstić information content (AvgIpc) is 2.96. The highest BCUT2D eigenvalue weighted by Crippen LogP contribution is 2.28. The first-order valence-electron chi connectivity index (χ1n) is 7.39. The van der Waals surface area contributed by atoms with Crippen LogP contribution in [0.4, 0.5) is 11.4 Å². The average molecular weight is 281 g/mol. The first-order valence-corrected chi connectivity index (χ1v) is 7.39. The number of nitrogens with zero attached hydrogens (tertiary/aromatic N) is 2. The number of hydrogen-bond acceptors (Lipinski definition) is 3. The van der Waals surface area contributed by atoms with E-state index in [0.29, 0.717) is 5.69 Å². The summed E-state index contributed by atoms with van der Waals surface area (Å²) in [5.41, 5.74) is 3.68. The van der Waals surface area contributed by atoms with E-state index in [4.69, 9.17) is 0 Å². The summed E-state index contributed by atoms with van der Waals surface area (Å²) in [5, 5.41) is 3.29. The first-order chi connectivity index (χ1) is 10.3. The molecule has 1 aromatic carbocycles. The third-order valence-corrected chi connectivity index (χ3v) is 3.69. The summed E-state index contributed by atoms with van der Waals surface area (Å²) in [6.07, 6.45) is 3.65. The van der Waals surface area contributed by atoms with Crippen LogP contribution >= 0.6 is 0 Å². The lowest BCUT2D eigenvalue weighted by Crippen LogP contribution is -2.29. The van der Waals surface area contributed by atoms with Crippen LogP contribution in [0, 0.1) is 0 Å². The van der Waals surface area contributed by atoms with Crippen molar-refractivity contribution in [1.82, 2.24) is 4.98 Å². The summed E-state index contributed by atoms with van der Waals surface area (Å²) in [4.78, 5) is 18.7. The van der Waals surface area contributed by atoms with Gasteiger partial charge in [0.2, 0.25) is 0 Å². The van der Waals surface area contributed by atoms with Gasteiger partial charge in [0.1, 0.15) is 5.69 Å². The third kappa shape index (κ3) is 2.75. The molecule has 1 N–H and O–H groups in total. The van der Waals surface area contributed by atoms with Crippen molar-refractivity contribution in [3.05, 3.63) is 53.9 Å². The van der Waals surface area contributed by atoms with Crippen LogP contribution in [0.25, 0.3) is 0 Å². The highest BCUT2D eigenvalue weighted by atomic mass is 16.2. The minimum absolute atomic E-state index is 0.0277. The number of fused-ring (bicyclic) bond motifs is 1. The molecule has 0 saturated heterocycles. The van der Waals surface area contributed by atoms with Gasteiger partial charge in [-0.2, -0.15) is 0 Å². The van der Waals surface area contributed by atoms with E-state index >= 15 is 0 Å². The van der Waals surface area contributed by atoms with Crippen molar-refractivity contribution in [2.45, 2.75) is 19.8 Å². The zero-order valence-electron chi connectivity index (χ0n) is 12.2. The molecule has 2 heterocycles. The number of amides is 1. The SMILES string of the molecule is CCCNc1ccnc(C(=O)N2CCc3ccccc32)c1. The van der Waals surface area contributed by atoms with E-state index in [2.05, 4.69) is 23.3 Å². The molecular weight excluding hydrogens is 262 g/mol. The molecule has 4 heteroatoms. The Kier molecular flexibility index (Phi) is 3.86. The molecule has 0 aliphatic carbocycles. The molecule has 0 saturated carbocycles. The van der Waals surface area contributed by atoms with Crippen LogP contribution in [-0.2, 0) is 6.42 Å². The quantitative estimate of drug-likeness (QED) is 0.936. The lowest BCUT2D eigenvalue weighted by Gasteiger charge is -2.17. The fourth-order valence-electron chi connectivity index (χ4n) is 2.61. The van der Waals surface area contributed by atoms with Crippen molar-refractivity contribution in [3.63, 3.8) is 0 Å². The Morgan fingerprint density at radius 3 is 3.05 bits per heavy atom. The van der Waals surface area contributed by atoms with Gasteiger partial charge >= 0.3 is 0 Å². The lowest BCUT2D eigenvalue weighted by atomic mass is 10.2. The van der Waals surface area contributed by atoms with Crippen LogP contribution in [0.1, 0.15) is 29.4 Å². The Morgan fingerprint density at radius 2 is 2.19 bits per heavy atom. The van der Waals surface area contributed by atoms with Gasteiger partial charge < -0.3 is 10.2 Å². The molecule has 1 amide bonds. The number of rotatable bonds is 4. The van der Waals surface area contributed by atoms with Crippen LogP contribution in [-0.4, -0.2) is 24.0 Å². The molecular formula is C17H19N3O. The van der Waals surface area contributed by atoms with Gasteiger partial charge in [0, 0.05) is 30.7 Å². The predicted molar refractivity (Wildman–Crippen MR) is 84.8 cm³/mol. The molecule has 1 aliphatic rings. The maximum absolute atomic E-state index is 12.7. The van der Waals surface area contributed by atoms with Crippen LogP contribution in [0.2, 0.25) is 0 Å². The zero-order valence-corrected chi connectivity index (χ0v) is 12.2. The predicted octanol–water partition coefficient (Wildman–Crippen LogP) is 3.11. The minimum atomic E-state index is -0.0277. The lowest BCUT2D eigenvalue weighted by molar-refractivity contribution is 0.0984. The topological polar surface area (TPSA) is 45.2 Å². The van der Waals surface area contributed by atoms with E-state index in [1.165, 1.54) is 5.56 Å². The highest BCUT2D eigenvalue weighted by Gasteiger charge is 2.25. The summed E-state index contributed by atoms with van der Waals surface area (Å²) < 4.78 is 0. The molecule has 21 heavy (non-hydrogen) atoms. The minimum Gasteiger partial charge on any atom is -0.385 e. The molecule has 0 bridgehead atoms. The summed E-state index contributed by atoms with van der Waals surface area (Å²) in [6.45, 7) is 3.73. The maximum Gasteiger partial charge on any atom is 0.276 e. The van der Waals surface area contributed by atoms with Crippen molar-refractivity contribution < 1.29 is 4.79 Å². The van der Waals surface area contributed by atoms with E-state index in [1.807, 2.05) is 35.2 Å². The number of para-hydroxylation sites is 1. The van der Waals surface area contributed by atoms with E-state index in [9.17, 15) is 4.79 Å². The van der Waals surface area contributed by atoms with Gasteiger partial charge in [-0.25, -0.2) is 0 Å². The number of hydrogen-bond donors (Lipinski definition) is 1. The molecule has 0 fully saturated rings. The molecule has 1 aliphatic heterocycles. The summed E-state index contributed by atoms with van der Waals surface area (Å²) >= 11 is 0. The number of aromatic nitrogens is 1. The summed E-state index contributed by atoms with van der Waals surface area (Å²) in [5.74, 6) is -0.0277. The van der Waals surface area contributed by atoms with Crippen molar-refractivity contribution in [2.24, 2.45) is 0 Å². The fraction of sp³-hybridized carbons (Fsp3) is 0.294. The molecule has 108 valence electrons. The number of carbonyl (C=O) groups excluding carboxylic acids is 1. The van der Waals surface area contributed by atoms with Gasteiger partial charge in [0.25, 0.3) is 5.91 Å². The smallest absolute Gasteiger partial charge is 0.276 e. The van der Waals surface area contributed by atoms with E-state index in [0.717, 1.165) is 37.3 Å². The normalized spacial score (nSPS) is 13.1. The molecule has 0 unspecified atom stereocenters. The van der Waals surface area contributed by atoms with Crippen LogP contribution < -0.4 is 10.2 Å². The van der Waals surface area contributed by atoms with Crippen molar-refractivity contribution in [1.29, 1.82) is 0 Å². The number of anilines is 2. The standard InChI is InChI=1S/C17H19N3O/c1-2-9-18-14-7-10-19-15(12-14)17(21)20-11-8-13-5-3-4-6-16(13)20/h3-7,10,12H,2,8-9,11H2,1H3,(H,18,19). The zero-order chi connectivity index (χ0) is 14.7. The van der Waals surface area contributed by atoms with Crippen LogP contribution in [0.3, 0.4) is 0 Å². The molecule has 0 spiro atoms. The number of pyridine rings is 1. The van der Waals surface area contributed by atoms with E-state index in [1.54, 1.807) is 6.20 Å². The van der Waals surface area contributed by atoms with Crippen LogP contribution in [0.15, 0.2) is 42.6 Å². The summed E-state index contributed by atoms with van der Waals surface area (Å²) in [6, 6.07) is 11.8. The third-order valence-electron chi connectivity index (χ3n) is 3.69. The number of carbonyl (C=O) groups is 1. The number of benzene rings is 1. The van der Waals surface area contributed by atoms with Gasteiger partial charge in [-0.15, -0.1) is 0 Å². The molecule has 3 rings (SSSR count). The Morgan fingerprint density at radius 1 is 1.33 bits per heavy atom. The molecule has 2 aromatic rings. The van der Waals surface area contributed by atoms with Gasteiger partial charge in [-0.3, -0.25) is 9.78 Å². The highest BCUT2D eigenvalue weighted by molar-refractivity contribution is 6.06. The van der Waals surface area contributed by atoms with Gasteiger partial charge in [-0.05, 0) is 36.6 Å². The van der Waals surface area contributed by atoms with Crippen molar-refractivity contribution in [2.75, 3.05) is 23.3 Å². The Hall–Kier alpha value is -2.36. The first kappa shape index (κ1) is 13.6. The molecule has 0 radical (unpaired) electrons. The largest absolute Gasteiger partial charge is 0.385 e. The Balaban J connectivity index is 1.83. The monoisotopic (exact) mass is 281 g/mol. The van der Waals surface area contributed by atoms with Crippen LogP contribution in [0.5, 0.6) is 0 Å². The summed E-state index contributed by atoms with van der Waals surface area (Å²) in [7, 11) is 0. The fourth-order valence-corrected chi connectivity index (χ4v) is 2.61. The molecule has 0 atom stereocenters. The molecule has 1 aromatic heterocycles. The Labute approximate surface area is 124 Å². The number of nitrogens with one attached hydrogen (secondary N) is 1. The van der Waals surface area contributed by atoms with Gasteiger partial charge in [-0.1, -0.05) is 25.1 Å². The van der Waals surface area contributed by atoms with Gasteiger partial charge in [0.15, 0.2) is 0 Å². The second kappa shape index (κ2) is 5.95. The van der Waals surface area contributed by atoms with Crippen molar-refractivity contribution in [3.8, 4) is 0 Å². The Bertz CT molecular complexity index is 654. The van der Waals surface area contributed by atoms with Crippen molar-refractivity contribution >= 4 is 17.3 Å². The van der Waals surface area contributed by atoms with Gasteiger partial charge in [0.05, 0.1) is 0 Å². The second-order valence-corrected chi connectivity index (χ2v) is 5.19. The molecule has 4 nitrogen and oxygen atoms in total. The maximum atomic E-state index is 12.7. The second-order valence-electron chi connectivity index (χ2n) is 5.19. The van der Waals surface area contributed by atoms with E-state index < -0.39 is 0 Å².